The van der Waals surface area contributed by atoms with Gasteiger partial charge in [-0.3, -0.25) is 0 Å². The van der Waals surface area contributed by atoms with Gasteiger partial charge >= 0.3 is 0 Å². The van der Waals surface area contributed by atoms with Crippen LogP contribution in [0.25, 0.3) is 10.1 Å². The number of thiophene rings is 1. The van der Waals surface area contributed by atoms with Gasteiger partial charge in [0, 0.05) is 29.4 Å². The van der Waals surface area contributed by atoms with E-state index in [2.05, 4.69) is 48.9 Å². The molecule has 6 heteroatoms. The van der Waals surface area contributed by atoms with E-state index in [1.807, 2.05) is 0 Å². The summed E-state index contributed by atoms with van der Waals surface area (Å²) in [5.41, 5.74) is 3.55. The first-order valence-corrected chi connectivity index (χ1v) is 9.73. The summed E-state index contributed by atoms with van der Waals surface area (Å²) in [6.07, 6.45) is 0.346. The lowest BCUT2D eigenvalue weighted by atomic mass is 9.82. The van der Waals surface area contributed by atoms with E-state index in [9.17, 15) is 13.0 Å². The van der Waals surface area contributed by atoms with Crippen LogP contribution in [0.1, 0.15) is 32.8 Å². The molecular weight excluding hydrogens is 318 g/mol. The smallest absolute Gasteiger partial charge is 0.218 e. The molecule has 0 spiro atoms. The Kier molecular flexibility index (Phi) is 3.66. The molecule has 118 valence electrons. The maximum Gasteiger partial charge on any atom is 0.218 e. The first kappa shape index (κ1) is 15.6. The van der Waals surface area contributed by atoms with Crippen LogP contribution >= 0.6 is 11.3 Å². The Morgan fingerprint density at radius 3 is 2.68 bits per heavy atom. The predicted octanol–water partition coefficient (Wildman–Crippen LogP) is 3.23. The van der Waals surface area contributed by atoms with Crippen molar-refractivity contribution in [1.82, 2.24) is 0 Å². The van der Waals surface area contributed by atoms with Gasteiger partial charge in [-0.1, -0.05) is 0 Å². The average molecular weight is 337 g/mol. The Morgan fingerprint density at radius 2 is 2.00 bits per heavy atom. The topological polar surface area (TPSA) is 60.2 Å². The fourth-order valence-electron chi connectivity index (χ4n) is 3.20. The van der Waals surface area contributed by atoms with Crippen molar-refractivity contribution >= 4 is 42.9 Å². The monoisotopic (exact) mass is 337 g/mol. The molecule has 0 saturated heterocycles. The van der Waals surface area contributed by atoms with Crippen molar-refractivity contribution in [2.45, 2.75) is 32.6 Å². The molecule has 0 fully saturated rings. The Morgan fingerprint density at radius 1 is 1.27 bits per heavy atom. The second-order valence-corrected chi connectivity index (χ2v) is 8.74. The molecule has 0 saturated carbocycles. The number of benzene rings is 1. The molecule has 1 aromatic carbocycles. The molecule has 1 aromatic heterocycles. The van der Waals surface area contributed by atoms with Crippen LogP contribution in [0.3, 0.4) is 0 Å². The van der Waals surface area contributed by atoms with Gasteiger partial charge in [0.05, 0.1) is 20.9 Å². The second-order valence-electron chi connectivity index (χ2n) is 6.27. The molecule has 0 atom stereocenters. The summed E-state index contributed by atoms with van der Waals surface area (Å²) >= 11 is 1.70. The standard InChI is InChI=1S/C16H19NO3S2/c1-11-16(2,3)13-5-6-14-12(7-9-21-14)15(13)17(11)8-4-10-22(18,19)20/h5-7,9H,4,8,10H2,1-3H3. The summed E-state index contributed by atoms with van der Waals surface area (Å²) < 4.78 is 36.0. The highest BCUT2D eigenvalue weighted by molar-refractivity contribution is 7.85. The molecular formula is C16H19NO3S2. The lowest BCUT2D eigenvalue weighted by Gasteiger charge is -2.14. The number of rotatable bonds is 4. The molecule has 1 aliphatic heterocycles. The number of hydrogen-bond acceptors (Lipinski definition) is 4. The third kappa shape index (κ3) is 2.49. The van der Waals surface area contributed by atoms with Crippen LogP contribution in [-0.4, -0.2) is 35.6 Å². The molecule has 4 nitrogen and oxygen atoms in total. The Balaban J connectivity index is 2.07. The fourth-order valence-corrected chi connectivity index (χ4v) is 4.47. The molecule has 0 N–H and O–H groups in total. The zero-order chi connectivity index (χ0) is 16.1. The lowest BCUT2D eigenvalue weighted by Crippen LogP contribution is -2.27. The molecule has 2 aromatic rings. The molecule has 0 aliphatic carbocycles. The summed E-state index contributed by atoms with van der Waals surface area (Å²) in [4.78, 5) is 0. The van der Waals surface area contributed by atoms with Gasteiger partial charge in [-0.05, 0) is 37.4 Å². The van der Waals surface area contributed by atoms with E-state index in [0.29, 0.717) is 13.0 Å². The largest absolute Gasteiger partial charge is 0.748 e. The van der Waals surface area contributed by atoms with E-state index in [-0.39, 0.29) is 11.2 Å². The normalized spacial score (nSPS) is 17.3. The lowest BCUT2D eigenvalue weighted by molar-refractivity contribution is -0.437. The summed E-state index contributed by atoms with van der Waals surface area (Å²) in [6.45, 7) is 7.01. The van der Waals surface area contributed by atoms with Gasteiger partial charge in [-0.15, -0.1) is 11.3 Å². The van der Waals surface area contributed by atoms with Gasteiger partial charge in [0.1, 0.15) is 6.54 Å². The fraction of sp³-hybridized carbons (Fsp3) is 0.438. The first-order chi connectivity index (χ1) is 10.2. The maximum atomic E-state index is 10.9. The van der Waals surface area contributed by atoms with Crippen molar-refractivity contribution in [3.63, 3.8) is 0 Å². The molecule has 0 bridgehead atoms. The van der Waals surface area contributed by atoms with E-state index >= 15 is 0 Å². The summed E-state index contributed by atoms with van der Waals surface area (Å²) in [7, 11) is -4.15. The minimum Gasteiger partial charge on any atom is -0.748 e. The third-order valence-corrected chi connectivity index (χ3v) is 6.31. The zero-order valence-corrected chi connectivity index (χ0v) is 14.6. The summed E-state index contributed by atoms with van der Waals surface area (Å²) in [5.74, 6) is -0.313. The highest BCUT2D eigenvalue weighted by Crippen LogP contribution is 2.44. The zero-order valence-electron chi connectivity index (χ0n) is 12.9. The van der Waals surface area contributed by atoms with Gasteiger partial charge in [0.25, 0.3) is 0 Å². The molecule has 0 amide bonds. The maximum absolute atomic E-state index is 10.9. The summed E-state index contributed by atoms with van der Waals surface area (Å²) in [5, 5.41) is 3.28. The molecule has 0 unspecified atom stereocenters. The van der Waals surface area contributed by atoms with Gasteiger partial charge in [0.15, 0.2) is 5.71 Å². The first-order valence-electron chi connectivity index (χ1n) is 7.27. The van der Waals surface area contributed by atoms with Crippen LogP contribution in [-0.2, 0) is 15.5 Å². The van der Waals surface area contributed by atoms with Crippen molar-refractivity contribution in [3.8, 4) is 0 Å². The SMILES string of the molecule is CC1=[N+](CCCS(=O)(=O)[O-])c2c(ccc3sccc23)C1(C)C. The van der Waals surface area contributed by atoms with Gasteiger partial charge in [-0.2, -0.15) is 4.58 Å². The molecule has 2 heterocycles. The second kappa shape index (κ2) is 5.15. The van der Waals surface area contributed by atoms with Gasteiger partial charge in [0.2, 0.25) is 5.69 Å². The van der Waals surface area contributed by atoms with Crippen LogP contribution in [0.2, 0.25) is 0 Å². The van der Waals surface area contributed by atoms with Crippen molar-refractivity contribution in [1.29, 1.82) is 0 Å². The number of hydrogen-bond donors (Lipinski definition) is 0. The van der Waals surface area contributed by atoms with E-state index in [1.54, 1.807) is 11.3 Å². The third-order valence-electron chi connectivity index (χ3n) is 4.64. The predicted molar refractivity (Wildman–Crippen MR) is 89.5 cm³/mol. The van der Waals surface area contributed by atoms with Crippen LogP contribution in [0.4, 0.5) is 5.69 Å². The molecule has 0 radical (unpaired) electrons. The van der Waals surface area contributed by atoms with Gasteiger partial charge < -0.3 is 4.55 Å². The van der Waals surface area contributed by atoms with Crippen molar-refractivity contribution in [3.05, 3.63) is 29.1 Å². The van der Waals surface area contributed by atoms with Crippen molar-refractivity contribution in [2.24, 2.45) is 0 Å². The molecule has 1 aliphatic rings. The van der Waals surface area contributed by atoms with E-state index in [1.165, 1.54) is 27.0 Å². The molecule has 22 heavy (non-hydrogen) atoms. The van der Waals surface area contributed by atoms with E-state index in [0.717, 1.165) is 0 Å². The quantitative estimate of drug-likeness (QED) is 0.636. The number of fused-ring (bicyclic) bond motifs is 3. The Hall–Kier alpha value is -1.24. The van der Waals surface area contributed by atoms with Crippen LogP contribution < -0.4 is 0 Å². The minimum atomic E-state index is -4.15. The minimum absolute atomic E-state index is 0.0815. The van der Waals surface area contributed by atoms with E-state index in [4.69, 9.17) is 0 Å². The van der Waals surface area contributed by atoms with Crippen molar-refractivity contribution in [2.75, 3.05) is 12.3 Å². The van der Waals surface area contributed by atoms with E-state index < -0.39 is 10.1 Å². The summed E-state index contributed by atoms with van der Waals surface area (Å²) in [6, 6.07) is 6.44. The van der Waals surface area contributed by atoms with Gasteiger partial charge in [-0.25, -0.2) is 8.42 Å². The molecule has 3 rings (SSSR count). The van der Waals surface area contributed by atoms with Crippen molar-refractivity contribution < 1.29 is 17.5 Å². The Bertz CT molecular complexity index is 876. The van der Waals surface area contributed by atoms with Crippen LogP contribution in [0.15, 0.2) is 23.6 Å². The highest BCUT2D eigenvalue weighted by Gasteiger charge is 2.43. The Labute approximate surface area is 134 Å². The number of nitrogens with zero attached hydrogens (tertiary/aromatic N) is 1. The highest BCUT2D eigenvalue weighted by atomic mass is 32.2. The van der Waals surface area contributed by atoms with Crippen LogP contribution in [0.5, 0.6) is 0 Å². The average Bonchev–Trinajstić information content (AvgIpc) is 2.95. The van der Waals surface area contributed by atoms with Crippen LogP contribution in [0, 0.1) is 0 Å².